The molecular formula is C19H29NO3. The summed E-state index contributed by atoms with van der Waals surface area (Å²) in [5, 5.41) is 2.69. The Balaban J connectivity index is 2.43. The third kappa shape index (κ3) is 7.31. The van der Waals surface area contributed by atoms with Crippen molar-refractivity contribution >= 4 is 11.9 Å². The fourth-order valence-electron chi connectivity index (χ4n) is 2.19. The summed E-state index contributed by atoms with van der Waals surface area (Å²) < 4.78 is 5.15. The van der Waals surface area contributed by atoms with Crippen molar-refractivity contribution in [1.29, 1.82) is 0 Å². The molecule has 0 aromatic heterocycles. The Morgan fingerprint density at radius 2 is 1.70 bits per heavy atom. The lowest BCUT2D eigenvalue weighted by Gasteiger charge is -2.13. The highest BCUT2D eigenvalue weighted by Crippen LogP contribution is 2.08. The van der Waals surface area contributed by atoms with Crippen molar-refractivity contribution < 1.29 is 14.3 Å². The van der Waals surface area contributed by atoms with E-state index in [1.165, 1.54) is 5.56 Å². The van der Waals surface area contributed by atoms with E-state index < -0.39 is 6.04 Å². The van der Waals surface area contributed by atoms with Crippen molar-refractivity contribution in [3.05, 3.63) is 35.4 Å². The lowest BCUT2D eigenvalue weighted by atomic mass is 10.1. The second-order valence-corrected chi connectivity index (χ2v) is 5.87. The van der Waals surface area contributed by atoms with Gasteiger partial charge in [0.1, 0.15) is 6.04 Å². The van der Waals surface area contributed by atoms with Crippen LogP contribution in [0.3, 0.4) is 0 Å². The Morgan fingerprint density at radius 3 is 2.30 bits per heavy atom. The standard InChI is InChI=1S/C19H29NO3/c1-4-6-8-14-23-19(22)15(3)20-18(21)17-12-10-16(11-13-17)9-7-5-2/h10-13,15H,4-9,14H2,1-3H3,(H,20,21)/t15-/m0/s1. The SMILES string of the molecule is CCCCCOC(=O)[C@H](C)NC(=O)c1ccc(CCCC)cc1. The zero-order valence-corrected chi connectivity index (χ0v) is 14.6. The number of hydrogen-bond acceptors (Lipinski definition) is 3. The molecule has 0 fully saturated rings. The van der Waals surface area contributed by atoms with Crippen molar-refractivity contribution in [3.63, 3.8) is 0 Å². The third-order valence-corrected chi connectivity index (χ3v) is 3.73. The molecule has 0 bridgehead atoms. The maximum atomic E-state index is 12.1. The van der Waals surface area contributed by atoms with E-state index in [1.807, 2.05) is 12.1 Å². The summed E-state index contributed by atoms with van der Waals surface area (Å²) in [6, 6.07) is 6.92. The molecule has 4 nitrogen and oxygen atoms in total. The first-order chi connectivity index (χ1) is 11.1. The predicted octanol–water partition coefficient (Wildman–Crippen LogP) is 3.88. The van der Waals surface area contributed by atoms with Gasteiger partial charge in [0.2, 0.25) is 0 Å². The van der Waals surface area contributed by atoms with Crippen LogP contribution in [0.2, 0.25) is 0 Å². The zero-order chi connectivity index (χ0) is 17.1. The van der Waals surface area contributed by atoms with E-state index in [2.05, 4.69) is 19.2 Å². The lowest BCUT2D eigenvalue weighted by Crippen LogP contribution is -2.39. The predicted molar refractivity (Wildman–Crippen MR) is 92.5 cm³/mol. The molecule has 1 amide bonds. The number of carbonyl (C=O) groups excluding carboxylic acids is 2. The molecule has 0 spiro atoms. The number of esters is 1. The van der Waals surface area contributed by atoms with Crippen LogP contribution in [0.5, 0.6) is 0 Å². The number of nitrogens with one attached hydrogen (secondary N) is 1. The topological polar surface area (TPSA) is 55.4 Å². The number of rotatable bonds is 10. The Labute approximate surface area is 139 Å². The summed E-state index contributed by atoms with van der Waals surface area (Å²) in [6.07, 6.45) is 6.31. The summed E-state index contributed by atoms with van der Waals surface area (Å²) in [5.74, 6) is -0.626. The first-order valence-electron chi connectivity index (χ1n) is 8.64. The van der Waals surface area contributed by atoms with Crippen molar-refractivity contribution in [3.8, 4) is 0 Å². The maximum absolute atomic E-state index is 12.1. The smallest absolute Gasteiger partial charge is 0.328 e. The molecule has 0 aliphatic heterocycles. The minimum atomic E-state index is -0.635. The third-order valence-electron chi connectivity index (χ3n) is 3.73. The van der Waals surface area contributed by atoms with Crippen LogP contribution in [0, 0.1) is 0 Å². The van der Waals surface area contributed by atoms with E-state index in [9.17, 15) is 9.59 Å². The van der Waals surface area contributed by atoms with Gasteiger partial charge in [0.05, 0.1) is 6.61 Å². The molecule has 23 heavy (non-hydrogen) atoms. The van der Waals surface area contributed by atoms with E-state index in [0.717, 1.165) is 38.5 Å². The largest absolute Gasteiger partial charge is 0.464 e. The quantitative estimate of drug-likeness (QED) is 0.526. The number of benzene rings is 1. The summed E-state index contributed by atoms with van der Waals surface area (Å²) in [5.41, 5.74) is 1.79. The Kier molecular flexibility index (Phi) is 9.03. The van der Waals surface area contributed by atoms with Crippen LogP contribution < -0.4 is 5.32 Å². The first kappa shape index (κ1) is 19.2. The van der Waals surface area contributed by atoms with E-state index >= 15 is 0 Å². The van der Waals surface area contributed by atoms with E-state index in [4.69, 9.17) is 4.74 Å². The molecular weight excluding hydrogens is 290 g/mol. The summed E-state index contributed by atoms with van der Waals surface area (Å²) in [7, 11) is 0. The second-order valence-electron chi connectivity index (χ2n) is 5.87. The van der Waals surface area contributed by atoms with Crippen LogP contribution in [0.25, 0.3) is 0 Å². The van der Waals surface area contributed by atoms with Crippen molar-refractivity contribution in [2.24, 2.45) is 0 Å². The fourth-order valence-corrected chi connectivity index (χ4v) is 2.19. The lowest BCUT2D eigenvalue weighted by molar-refractivity contribution is -0.145. The van der Waals surface area contributed by atoms with E-state index in [0.29, 0.717) is 12.2 Å². The van der Waals surface area contributed by atoms with Gasteiger partial charge in [0.25, 0.3) is 5.91 Å². The van der Waals surface area contributed by atoms with Crippen molar-refractivity contribution in [1.82, 2.24) is 5.32 Å². The highest BCUT2D eigenvalue weighted by Gasteiger charge is 2.17. The average molecular weight is 319 g/mol. The highest BCUT2D eigenvalue weighted by atomic mass is 16.5. The van der Waals surface area contributed by atoms with Crippen LogP contribution in [-0.4, -0.2) is 24.5 Å². The summed E-state index contributed by atoms with van der Waals surface area (Å²) in [6.45, 7) is 6.32. The van der Waals surface area contributed by atoms with Gasteiger partial charge < -0.3 is 10.1 Å². The molecule has 0 aliphatic rings. The molecule has 1 atom stereocenters. The first-order valence-corrected chi connectivity index (χ1v) is 8.64. The number of amides is 1. The summed E-state index contributed by atoms with van der Waals surface area (Å²) in [4.78, 5) is 24.0. The molecule has 0 heterocycles. The monoisotopic (exact) mass is 319 g/mol. The molecule has 1 rings (SSSR count). The van der Waals surface area contributed by atoms with Gasteiger partial charge in [-0.1, -0.05) is 45.2 Å². The van der Waals surface area contributed by atoms with Crippen LogP contribution >= 0.6 is 0 Å². The zero-order valence-electron chi connectivity index (χ0n) is 14.6. The minimum Gasteiger partial charge on any atom is -0.464 e. The van der Waals surface area contributed by atoms with Crippen LogP contribution in [0.15, 0.2) is 24.3 Å². The van der Waals surface area contributed by atoms with Crippen LogP contribution in [-0.2, 0) is 16.0 Å². The molecule has 0 saturated heterocycles. The van der Waals surface area contributed by atoms with Gasteiger partial charge in [0, 0.05) is 5.56 Å². The second kappa shape index (κ2) is 10.8. The van der Waals surface area contributed by atoms with Gasteiger partial charge in [-0.05, 0) is 43.9 Å². The van der Waals surface area contributed by atoms with Gasteiger partial charge in [0.15, 0.2) is 0 Å². The summed E-state index contributed by atoms with van der Waals surface area (Å²) >= 11 is 0. The molecule has 0 saturated carbocycles. The van der Waals surface area contributed by atoms with Gasteiger partial charge in [-0.3, -0.25) is 4.79 Å². The molecule has 1 aromatic carbocycles. The Bertz CT molecular complexity index is 482. The Morgan fingerprint density at radius 1 is 1.04 bits per heavy atom. The van der Waals surface area contributed by atoms with Crippen molar-refractivity contribution in [2.45, 2.75) is 65.3 Å². The minimum absolute atomic E-state index is 0.245. The van der Waals surface area contributed by atoms with Crippen molar-refractivity contribution in [2.75, 3.05) is 6.61 Å². The van der Waals surface area contributed by atoms with Crippen LogP contribution in [0.1, 0.15) is 68.8 Å². The molecule has 0 radical (unpaired) electrons. The van der Waals surface area contributed by atoms with Crippen LogP contribution in [0.4, 0.5) is 0 Å². The number of ether oxygens (including phenoxy) is 1. The number of carbonyl (C=O) groups is 2. The maximum Gasteiger partial charge on any atom is 0.328 e. The van der Waals surface area contributed by atoms with Gasteiger partial charge >= 0.3 is 5.97 Å². The number of unbranched alkanes of at least 4 members (excludes halogenated alkanes) is 3. The number of aryl methyl sites for hydroxylation is 1. The molecule has 1 N–H and O–H groups in total. The van der Waals surface area contributed by atoms with E-state index in [-0.39, 0.29) is 11.9 Å². The van der Waals surface area contributed by atoms with Gasteiger partial charge in [-0.15, -0.1) is 0 Å². The number of hydrogen-bond donors (Lipinski definition) is 1. The van der Waals surface area contributed by atoms with Gasteiger partial charge in [-0.25, -0.2) is 4.79 Å². The molecule has 1 aromatic rings. The average Bonchev–Trinajstić information content (AvgIpc) is 2.57. The molecule has 128 valence electrons. The Hall–Kier alpha value is -1.84. The molecule has 0 aliphatic carbocycles. The van der Waals surface area contributed by atoms with Gasteiger partial charge in [-0.2, -0.15) is 0 Å². The molecule has 4 heteroatoms. The highest BCUT2D eigenvalue weighted by molar-refractivity contribution is 5.96. The van der Waals surface area contributed by atoms with E-state index in [1.54, 1.807) is 19.1 Å². The normalized spacial score (nSPS) is 11.8. The fraction of sp³-hybridized carbons (Fsp3) is 0.579. The molecule has 0 unspecified atom stereocenters.